The van der Waals surface area contributed by atoms with Crippen LogP contribution in [0.15, 0.2) is 29.2 Å². The van der Waals surface area contributed by atoms with Gasteiger partial charge in [-0.1, -0.05) is 51.2 Å². The highest BCUT2D eigenvalue weighted by atomic mass is 32.2. The van der Waals surface area contributed by atoms with E-state index in [1.54, 1.807) is 12.1 Å². The third-order valence-electron chi connectivity index (χ3n) is 4.31. The van der Waals surface area contributed by atoms with E-state index in [0.29, 0.717) is 6.54 Å². The molecule has 2 amide bonds. The summed E-state index contributed by atoms with van der Waals surface area (Å²) in [5.74, 6) is -0.785. The molecule has 0 saturated heterocycles. The van der Waals surface area contributed by atoms with E-state index >= 15 is 0 Å². The van der Waals surface area contributed by atoms with Crippen LogP contribution in [0.4, 0.5) is 0 Å². The molecule has 0 radical (unpaired) electrons. The van der Waals surface area contributed by atoms with Crippen LogP contribution < -0.4 is 5.32 Å². The van der Waals surface area contributed by atoms with E-state index in [2.05, 4.69) is 12.2 Å². The van der Waals surface area contributed by atoms with Crippen molar-refractivity contribution in [1.29, 1.82) is 0 Å². The number of rotatable bonds is 10. The Morgan fingerprint density at radius 1 is 1.08 bits per heavy atom. The molecule has 25 heavy (non-hydrogen) atoms. The third kappa shape index (κ3) is 4.81. The molecule has 6 nitrogen and oxygen atoms in total. The highest BCUT2D eigenvalue weighted by molar-refractivity contribution is 7.90. The average molecular weight is 366 g/mol. The Morgan fingerprint density at radius 3 is 2.48 bits per heavy atom. The summed E-state index contributed by atoms with van der Waals surface area (Å²) in [6, 6.07) is 6.12. The molecule has 2 rings (SSSR count). The summed E-state index contributed by atoms with van der Waals surface area (Å²) >= 11 is 0. The summed E-state index contributed by atoms with van der Waals surface area (Å²) in [5.41, 5.74) is 0.176. The minimum atomic E-state index is -3.83. The van der Waals surface area contributed by atoms with E-state index in [0.717, 1.165) is 17.1 Å². The van der Waals surface area contributed by atoms with Crippen molar-refractivity contribution in [2.24, 2.45) is 0 Å². The van der Waals surface area contributed by atoms with E-state index in [1.165, 1.54) is 37.8 Å². The number of sulfonamides is 1. The number of hydrogen-bond acceptors (Lipinski definition) is 4. The minimum Gasteiger partial charge on any atom is -0.356 e. The van der Waals surface area contributed by atoms with E-state index in [4.69, 9.17) is 0 Å². The molecule has 0 atom stereocenters. The lowest BCUT2D eigenvalue weighted by Gasteiger charge is -2.14. The van der Waals surface area contributed by atoms with Gasteiger partial charge >= 0.3 is 0 Å². The molecule has 0 saturated carbocycles. The third-order valence-corrected chi connectivity index (χ3v) is 6.15. The van der Waals surface area contributed by atoms with Crippen molar-refractivity contribution in [1.82, 2.24) is 9.62 Å². The summed E-state index contributed by atoms with van der Waals surface area (Å²) in [6.07, 6.45) is 6.82. The fourth-order valence-electron chi connectivity index (χ4n) is 2.88. The fraction of sp³-hybridized carbons (Fsp3) is 0.556. The van der Waals surface area contributed by atoms with E-state index in [1.807, 2.05) is 0 Å². The maximum absolute atomic E-state index is 12.4. The average Bonchev–Trinajstić information content (AvgIpc) is 2.79. The molecule has 0 fully saturated rings. The van der Waals surface area contributed by atoms with Crippen LogP contribution in [-0.2, 0) is 14.8 Å². The van der Waals surface area contributed by atoms with Crippen LogP contribution in [0.2, 0.25) is 0 Å². The summed E-state index contributed by atoms with van der Waals surface area (Å²) < 4.78 is 25.5. The molecule has 0 aliphatic carbocycles. The topological polar surface area (TPSA) is 83.6 Å². The smallest absolute Gasteiger partial charge is 0.269 e. The first-order chi connectivity index (χ1) is 12.0. The zero-order valence-electron chi connectivity index (χ0n) is 14.7. The molecule has 0 unspecified atom stereocenters. The van der Waals surface area contributed by atoms with Crippen LogP contribution in [0, 0.1) is 0 Å². The van der Waals surface area contributed by atoms with Gasteiger partial charge in [0.25, 0.3) is 15.9 Å². The lowest BCUT2D eigenvalue weighted by Crippen LogP contribution is -2.35. The highest BCUT2D eigenvalue weighted by Gasteiger charge is 2.40. The van der Waals surface area contributed by atoms with Crippen LogP contribution in [0.3, 0.4) is 0 Å². The van der Waals surface area contributed by atoms with E-state index in [-0.39, 0.29) is 29.3 Å². The van der Waals surface area contributed by atoms with Crippen molar-refractivity contribution < 1.29 is 18.0 Å². The molecule has 1 N–H and O–H groups in total. The number of carbonyl (C=O) groups excluding carboxylic acids is 2. The maximum Gasteiger partial charge on any atom is 0.269 e. The number of carbonyl (C=O) groups is 2. The molecule has 1 aliphatic heterocycles. The first-order valence-corrected chi connectivity index (χ1v) is 10.3. The van der Waals surface area contributed by atoms with Crippen molar-refractivity contribution >= 4 is 21.8 Å². The minimum absolute atomic E-state index is 0.0191. The second kappa shape index (κ2) is 8.99. The molecule has 138 valence electrons. The summed E-state index contributed by atoms with van der Waals surface area (Å²) in [5, 5.41) is 2.79. The highest BCUT2D eigenvalue weighted by Crippen LogP contribution is 2.29. The Morgan fingerprint density at radius 2 is 1.76 bits per heavy atom. The number of fused-ring (bicyclic) bond motifs is 1. The predicted octanol–water partition coefficient (Wildman–Crippen LogP) is 2.70. The van der Waals surface area contributed by atoms with Gasteiger partial charge in [-0.15, -0.1) is 0 Å². The Labute approximate surface area is 149 Å². The number of benzene rings is 1. The SMILES string of the molecule is CCCCCCCCNC(=O)CCN1C(=O)c2ccccc2S1(=O)=O. The van der Waals surface area contributed by atoms with Crippen LogP contribution >= 0.6 is 0 Å². The molecule has 1 heterocycles. The van der Waals surface area contributed by atoms with Gasteiger partial charge in [0.05, 0.1) is 5.56 Å². The van der Waals surface area contributed by atoms with Gasteiger partial charge in [0, 0.05) is 19.5 Å². The van der Waals surface area contributed by atoms with E-state index in [9.17, 15) is 18.0 Å². The second-order valence-corrected chi connectivity index (χ2v) is 8.08. The molecular formula is C18H26N2O4S. The molecule has 1 aromatic carbocycles. The molecule has 7 heteroatoms. The van der Waals surface area contributed by atoms with Crippen LogP contribution in [-0.4, -0.2) is 37.6 Å². The van der Waals surface area contributed by atoms with Crippen molar-refractivity contribution in [3.63, 3.8) is 0 Å². The number of amides is 2. The Balaban J connectivity index is 1.75. The summed E-state index contributed by atoms with van der Waals surface area (Å²) in [6.45, 7) is 2.63. The van der Waals surface area contributed by atoms with Gasteiger partial charge in [-0.25, -0.2) is 12.7 Å². The molecule has 1 aliphatic rings. The maximum atomic E-state index is 12.4. The lowest BCUT2D eigenvalue weighted by molar-refractivity contribution is -0.121. The van der Waals surface area contributed by atoms with Gasteiger partial charge in [-0.05, 0) is 18.6 Å². The molecule has 1 aromatic rings. The number of hydrogen-bond donors (Lipinski definition) is 1. The summed E-state index contributed by atoms with van der Waals surface area (Å²) in [7, 11) is -3.83. The molecule has 0 aromatic heterocycles. The number of nitrogens with one attached hydrogen (secondary N) is 1. The largest absolute Gasteiger partial charge is 0.356 e. The zero-order chi connectivity index (χ0) is 18.3. The number of unbranched alkanes of at least 4 members (excludes halogenated alkanes) is 5. The van der Waals surface area contributed by atoms with Crippen molar-refractivity contribution in [2.45, 2.75) is 56.8 Å². The van der Waals surface area contributed by atoms with Crippen molar-refractivity contribution in [3.8, 4) is 0 Å². The van der Waals surface area contributed by atoms with E-state index < -0.39 is 15.9 Å². The molecule has 0 spiro atoms. The quantitative estimate of drug-likeness (QED) is 0.645. The lowest BCUT2D eigenvalue weighted by atomic mass is 10.1. The van der Waals surface area contributed by atoms with Gasteiger partial charge < -0.3 is 5.32 Å². The molecular weight excluding hydrogens is 340 g/mol. The van der Waals surface area contributed by atoms with Gasteiger partial charge in [-0.3, -0.25) is 9.59 Å². The van der Waals surface area contributed by atoms with Gasteiger partial charge in [0.15, 0.2) is 0 Å². The van der Waals surface area contributed by atoms with Crippen molar-refractivity contribution in [2.75, 3.05) is 13.1 Å². The van der Waals surface area contributed by atoms with Crippen molar-refractivity contribution in [3.05, 3.63) is 29.8 Å². The standard InChI is InChI=1S/C18H26N2O4S/c1-2-3-4-5-6-9-13-19-17(21)12-14-20-18(22)15-10-7-8-11-16(15)25(20,23)24/h7-8,10-11H,2-6,9,12-14H2,1H3,(H,19,21). The van der Waals surface area contributed by atoms with Gasteiger partial charge in [-0.2, -0.15) is 0 Å². The van der Waals surface area contributed by atoms with Crippen LogP contribution in [0.5, 0.6) is 0 Å². The molecule has 0 bridgehead atoms. The van der Waals surface area contributed by atoms with Crippen LogP contribution in [0.25, 0.3) is 0 Å². The van der Waals surface area contributed by atoms with Gasteiger partial charge in [0.2, 0.25) is 5.91 Å². The monoisotopic (exact) mass is 366 g/mol. The Bertz CT molecular complexity index is 716. The first-order valence-electron chi connectivity index (χ1n) is 8.91. The van der Waals surface area contributed by atoms with Crippen LogP contribution in [0.1, 0.15) is 62.2 Å². The fourth-order valence-corrected chi connectivity index (χ4v) is 4.45. The predicted molar refractivity (Wildman–Crippen MR) is 95.7 cm³/mol. The second-order valence-electron chi connectivity index (χ2n) is 6.25. The Kier molecular flexibility index (Phi) is 6.99. The number of nitrogens with zero attached hydrogens (tertiary/aromatic N) is 1. The zero-order valence-corrected chi connectivity index (χ0v) is 15.5. The first kappa shape index (κ1) is 19.4. The Hall–Kier alpha value is -1.89. The summed E-state index contributed by atoms with van der Waals surface area (Å²) in [4.78, 5) is 24.1. The normalized spacial score (nSPS) is 15.2. The van der Waals surface area contributed by atoms with Gasteiger partial charge in [0.1, 0.15) is 4.90 Å².